The van der Waals surface area contributed by atoms with E-state index in [9.17, 15) is 4.79 Å². The first-order valence-electron chi connectivity index (χ1n) is 8.96. The molecule has 0 N–H and O–H groups in total. The van der Waals surface area contributed by atoms with Crippen LogP contribution in [0.1, 0.15) is 0 Å². The monoisotopic (exact) mass is 366 g/mol. The summed E-state index contributed by atoms with van der Waals surface area (Å²) in [5, 5.41) is 1.06. The Balaban J connectivity index is 1.92. The highest BCUT2D eigenvalue weighted by molar-refractivity contribution is 5.93. The molecule has 142 valence electrons. The molecule has 6 heteroatoms. The minimum absolute atomic E-state index is 0.0785. The lowest BCUT2D eigenvalue weighted by Crippen LogP contribution is -2.35. The Morgan fingerprint density at radius 1 is 1.15 bits per heavy atom. The van der Waals surface area contributed by atoms with Gasteiger partial charge in [0.2, 0.25) is 5.91 Å². The van der Waals surface area contributed by atoms with Crippen LogP contribution in [0, 0.1) is 0 Å². The van der Waals surface area contributed by atoms with Crippen LogP contribution in [0.2, 0.25) is 0 Å². The van der Waals surface area contributed by atoms with Crippen molar-refractivity contribution in [3.05, 3.63) is 48.8 Å². The Morgan fingerprint density at radius 3 is 2.70 bits per heavy atom. The molecule has 0 aliphatic rings. The highest BCUT2D eigenvalue weighted by Gasteiger charge is 2.15. The molecule has 3 rings (SSSR count). The molecule has 0 aliphatic carbocycles. The van der Waals surface area contributed by atoms with Crippen molar-refractivity contribution >= 4 is 16.8 Å². The molecule has 0 bridgehead atoms. The SMILES string of the molecule is COc1cccc(-c2nccc3ccn(CC(=O)N(C)CCN(C)C)c23)c1. The predicted molar refractivity (Wildman–Crippen MR) is 108 cm³/mol. The molecule has 2 aromatic heterocycles. The highest BCUT2D eigenvalue weighted by atomic mass is 16.5. The normalized spacial score (nSPS) is 11.1. The van der Waals surface area contributed by atoms with Crippen molar-refractivity contribution in [1.29, 1.82) is 0 Å². The second kappa shape index (κ2) is 8.22. The van der Waals surface area contributed by atoms with Crippen molar-refractivity contribution in [3.8, 4) is 17.0 Å². The fraction of sp³-hybridized carbons (Fsp3) is 0.333. The van der Waals surface area contributed by atoms with Gasteiger partial charge in [0, 0.05) is 43.5 Å². The molecule has 6 nitrogen and oxygen atoms in total. The first-order valence-corrected chi connectivity index (χ1v) is 8.96. The molecule has 0 atom stereocenters. The number of hydrogen-bond donors (Lipinski definition) is 0. The number of methoxy groups -OCH3 is 1. The minimum Gasteiger partial charge on any atom is -0.497 e. The summed E-state index contributed by atoms with van der Waals surface area (Å²) in [4.78, 5) is 21.1. The Hall–Kier alpha value is -2.86. The molecule has 1 aromatic carbocycles. The number of ether oxygens (including phenoxy) is 1. The Kier molecular flexibility index (Phi) is 5.76. The second-order valence-electron chi connectivity index (χ2n) is 6.89. The maximum absolute atomic E-state index is 12.7. The Bertz CT molecular complexity index is 933. The van der Waals surface area contributed by atoms with Crippen LogP contribution in [0.4, 0.5) is 0 Å². The molecule has 0 saturated heterocycles. The molecule has 0 aliphatic heterocycles. The zero-order chi connectivity index (χ0) is 19.4. The van der Waals surface area contributed by atoms with E-state index >= 15 is 0 Å². The van der Waals surface area contributed by atoms with Gasteiger partial charge in [0.05, 0.1) is 18.3 Å². The summed E-state index contributed by atoms with van der Waals surface area (Å²) >= 11 is 0. The van der Waals surface area contributed by atoms with E-state index in [-0.39, 0.29) is 12.5 Å². The van der Waals surface area contributed by atoms with Crippen molar-refractivity contribution in [1.82, 2.24) is 19.4 Å². The summed E-state index contributed by atoms with van der Waals surface area (Å²) < 4.78 is 7.32. The lowest BCUT2D eigenvalue weighted by molar-refractivity contribution is -0.130. The number of nitrogens with zero attached hydrogens (tertiary/aromatic N) is 4. The highest BCUT2D eigenvalue weighted by Crippen LogP contribution is 2.29. The molecule has 27 heavy (non-hydrogen) atoms. The lowest BCUT2D eigenvalue weighted by Gasteiger charge is -2.20. The molecule has 0 radical (unpaired) electrons. The van der Waals surface area contributed by atoms with Gasteiger partial charge in [0.25, 0.3) is 0 Å². The van der Waals surface area contributed by atoms with Gasteiger partial charge in [0.1, 0.15) is 12.3 Å². The van der Waals surface area contributed by atoms with Crippen molar-refractivity contribution in [3.63, 3.8) is 0 Å². The number of carbonyl (C=O) groups excluding carboxylic acids is 1. The van der Waals surface area contributed by atoms with E-state index < -0.39 is 0 Å². The van der Waals surface area contributed by atoms with Crippen LogP contribution in [-0.2, 0) is 11.3 Å². The summed E-state index contributed by atoms with van der Waals surface area (Å²) in [5.41, 5.74) is 2.77. The average molecular weight is 366 g/mol. The largest absolute Gasteiger partial charge is 0.497 e. The predicted octanol–water partition coefficient (Wildman–Crippen LogP) is 2.73. The first-order chi connectivity index (χ1) is 13.0. The summed E-state index contributed by atoms with van der Waals surface area (Å²) in [5.74, 6) is 0.860. The molecule has 2 heterocycles. The van der Waals surface area contributed by atoms with Gasteiger partial charge in [-0.05, 0) is 38.4 Å². The maximum Gasteiger partial charge on any atom is 0.242 e. The van der Waals surface area contributed by atoms with Crippen LogP contribution in [0.15, 0.2) is 48.8 Å². The van der Waals surface area contributed by atoms with E-state index in [0.29, 0.717) is 6.54 Å². The third-order valence-electron chi connectivity index (χ3n) is 4.63. The molecule has 0 saturated carbocycles. The summed E-state index contributed by atoms with van der Waals surface area (Å²) in [7, 11) is 7.50. The van der Waals surface area contributed by atoms with Crippen LogP contribution >= 0.6 is 0 Å². The second-order valence-corrected chi connectivity index (χ2v) is 6.89. The van der Waals surface area contributed by atoms with E-state index in [2.05, 4.69) is 9.88 Å². The standard InChI is InChI=1S/C21H26N4O2/c1-23(2)12-13-24(3)19(26)15-25-11-9-16-8-10-22-20(21(16)25)17-6-5-7-18(14-17)27-4/h5-11,14H,12-13,15H2,1-4H3. The molecule has 0 spiro atoms. The van der Waals surface area contributed by atoms with E-state index in [1.54, 1.807) is 18.2 Å². The molecule has 1 amide bonds. The maximum atomic E-state index is 12.7. The minimum atomic E-state index is 0.0785. The summed E-state index contributed by atoms with van der Waals surface area (Å²) in [6, 6.07) is 11.8. The zero-order valence-corrected chi connectivity index (χ0v) is 16.3. The van der Waals surface area contributed by atoms with Gasteiger partial charge in [-0.25, -0.2) is 0 Å². The average Bonchev–Trinajstić information content (AvgIpc) is 3.09. The quantitative estimate of drug-likeness (QED) is 0.645. The number of benzene rings is 1. The number of hydrogen-bond acceptors (Lipinski definition) is 4. The van der Waals surface area contributed by atoms with Crippen molar-refractivity contribution in [2.75, 3.05) is 41.3 Å². The number of amides is 1. The van der Waals surface area contributed by atoms with E-state index in [1.807, 2.05) is 68.3 Å². The molecule has 3 aromatic rings. The number of likely N-dealkylation sites (N-methyl/N-ethyl adjacent to an activating group) is 2. The third-order valence-corrected chi connectivity index (χ3v) is 4.63. The van der Waals surface area contributed by atoms with Crippen molar-refractivity contribution in [2.24, 2.45) is 0 Å². The lowest BCUT2D eigenvalue weighted by atomic mass is 10.1. The van der Waals surface area contributed by atoms with E-state index in [4.69, 9.17) is 4.74 Å². The van der Waals surface area contributed by atoms with Crippen molar-refractivity contribution in [2.45, 2.75) is 6.54 Å². The first kappa shape index (κ1) is 18.9. The van der Waals surface area contributed by atoms with Crippen LogP contribution in [0.5, 0.6) is 5.75 Å². The van der Waals surface area contributed by atoms with Crippen LogP contribution in [0.3, 0.4) is 0 Å². The molecular formula is C21H26N4O2. The van der Waals surface area contributed by atoms with Crippen molar-refractivity contribution < 1.29 is 9.53 Å². The zero-order valence-electron chi connectivity index (χ0n) is 16.3. The Labute approximate surface area is 160 Å². The van der Waals surface area contributed by atoms with Gasteiger partial charge in [0.15, 0.2) is 0 Å². The van der Waals surface area contributed by atoms with Crippen LogP contribution in [0.25, 0.3) is 22.2 Å². The van der Waals surface area contributed by atoms with Crippen LogP contribution in [-0.4, -0.2) is 66.6 Å². The number of pyridine rings is 1. The Morgan fingerprint density at radius 2 is 1.96 bits per heavy atom. The molecule has 0 unspecified atom stereocenters. The smallest absolute Gasteiger partial charge is 0.242 e. The van der Waals surface area contributed by atoms with E-state index in [1.165, 1.54) is 0 Å². The fourth-order valence-electron chi connectivity index (χ4n) is 3.00. The summed E-state index contributed by atoms with van der Waals surface area (Å²) in [6.45, 7) is 1.83. The molecule has 0 fully saturated rings. The number of aromatic nitrogens is 2. The summed E-state index contributed by atoms with van der Waals surface area (Å²) in [6.07, 6.45) is 3.75. The number of fused-ring (bicyclic) bond motifs is 1. The van der Waals surface area contributed by atoms with Gasteiger partial charge >= 0.3 is 0 Å². The van der Waals surface area contributed by atoms with Crippen LogP contribution < -0.4 is 4.74 Å². The van der Waals surface area contributed by atoms with Gasteiger partial charge in [-0.3, -0.25) is 9.78 Å². The van der Waals surface area contributed by atoms with Gasteiger partial charge in [-0.2, -0.15) is 0 Å². The number of rotatable bonds is 7. The number of carbonyl (C=O) groups is 1. The fourth-order valence-corrected chi connectivity index (χ4v) is 3.00. The molecular weight excluding hydrogens is 340 g/mol. The van der Waals surface area contributed by atoms with Gasteiger partial charge in [-0.15, -0.1) is 0 Å². The van der Waals surface area contributed by atoms with E-state index in [0.717, 1.165) is 34.5 Å². The van der Waals surface area contributed by atoms with Gasteiger partial charge < -0.3 is 19.1 Å². The van der Waals surface area contributed by atoms with Gasteiger partial charge in [-0.1, -0.05) is 12.1 Å². The topological polar surface area (TPSA) is 50.6 Å². The third kappa shape index (κ3) is 4.28.